The third-order valence-electron chi connectivity index (χ3n) is 10.5. The van der Waals surface area contributed by atoms with Crippen molar-refractivity contribution in [2.75, 3.05) is 0 Å². The van der Waals surface area contributed by atoms with E-state index in [9.17, 15) is 19.3 Å². The molecule has 0 fully saturated rings. The lowest BCUT2D eigenvalue weighted by Crippen LogP contribution is -2.17. The third kappa shape index (κ3) is 14.1. The molecular formula is C50H68O10P2. The Morgan fingerprint density at radius 2 is 0.839 bits per heavy atom. The second kappa shape index (κ2) is 19.1. The Labute approximate surface area is 369 Å². The normalized spacial score (nSPS) is 13.3. The highest BCUT2D eigenvalue weighted by Crippen LogP contribution is 2.57. The molecule has 62 heavy (non-hydrogen) atoms. The molecule has 0 aliphatic carbocycles. The summed E-state index contributed by atoms with van der Waals surface area (Å²) >= 11 is 0. The fraction of sp³-hybridized carbons (Fsp3) is 0.400. The number of hydrogen-bond donors (Lipinski definition) is 6. The second-order valence-electron chi connectivity index (χ2n) is 20.0. The maximum absolute atomic E-state index is 11.0. The van der Waals surface area contributed by atoms with Gasteiger partial charge in [0.2, 0.25) is 0 Å². The molecule has 5 aromatic rings. The van der Waals surface area contributed by atoms with Crippen LogP contribution in [0.15, 0.2) is 84.9 Å². The topological polar surface area (TPSA) is 174 Å². The highest BCUT2D eigenvalue weighted by atomic mass is 31.3. The van der Waals surface area contributed by atoms with Crippen LogP contribution in [-0.2, 0) is 35.1 Å². The zero-order valence-corrected chi connectivity index (χ0v) is 41.1. The van der Waals surface area contributed by atoms with Crippen molar-refractivity contribution in [3.8, 4) is 45.3 Å². The number of aromatic hydroxyl groups is 3. The summed E-state index contributed by atoms with van der Waals surface area (Å²) in [7, 11) is -10.1. The molecule has 0 aliphatic rings. The molecule has 0 heterocycles. The minimum Gasteiger partial charge on any atom is -0.508 e. The highest BCUT2D eigenvalue weighted by molar-refractivity contribution is 7.60. The fourth-order valence-electron chi connectivity index (χ4n) is 6.81. The Kier molecular flexibility index (Phi) is 16.0. The van der Waals surface area contributed by atoms with Crippen LogP contribution in [0, 0.1) is 27.7 Å². The van der Waals surface area contributed by atoms with Crippen molar-refractivity contribution in [3.05, 3.63) is 129 Å². The quantitative estimate of drug-likeness (QED) is 0.0901. The molecule has 0 saturated heterocycles. The van der Waals surface area contributed by atoms with Gasteiger partial charge in [0.25, 0.3) is 0 Å². The van der Waals surface area contributed by atoms with Gasteiger partial charge in [0, 0.05) is 6.07 Å². The van der Waals surface area contributed by atoms with Crippen molar-refractivity contribution in [1.82, 2.24) is 0 Å². The molecule has 12 heteroatoms. The van der Waals surface area contributed by atoms with Gasteiger partial charge in [0.15, 0.2) is 0 Å². The molecule has 10 nitrogen and oxygen atoms in total. The predicted molar refractivity (Wildman–Crippen MR) is 253 cm³/mol. The number of phosphoric ester groups is 1. The Bertz CT molecular complexity index is 2340. The Morgan fingerprint density at radius 3 is 1.16 bits per heavy atom. The van der Waals surface area contributed by atoms with E-state index >= 15 is 0 Å². The van der Waals surface area contributed by atoms with Crippen molar-refractivity contribution in [2.45, 2.75) is 132 Å². The van der Waals surface area contributed by atoms with Crippen molar-refractivity contribution in [1.29, 1.82) is 0 Å². The maximum atomic E-state index is 11.0. The minimum absolute atomic E-state index is 0.0452. The van der Waals surface area contributed by atoms with Crippen LogP contribution in [0.2, 0.25) is 0 Å². The van der Waals surface area contributed by atoms with E-state index in [1.807, 2.05) is 39.8 Å². The van der Waals surface area contributed by atoms with Gasteiger partial charge in [-0.2, -0.15) is 4.31 Å². The van der Waals surface area contributed by atoms with E-state index in [1.165, 1.54) is 51.6 Å². The lowest BCUT2D eigenvalue weighted by atomic mass is 9.76. The molecule has 0 aromatic heterocycles. The molecule has 338 valence electrons. The van der Waals surface area contributed by atoms with Gasteiger partial charge in [-0.25, -0.2) is 9.13 Å². The minimum atomic E-state index is -5.14. The van der Waals surface area contributed by atoms with Crippen molar-refractivity contribution < 1.29 is 48.0 Å². The first-order chi connectivity index (χ1) is 28.0. The molecule has 1 atom stereocenters. The Balaban J connectivity index is 0.000000253. The van der Waals surface area contributed by atoms with E-state index in [2.05, 4.69) is 140 Å². The summed E-state index contributed by atoms with van der Waals surface area (Å²) in [6.07, 6.45) is 0. The molecule has 0 aliphatic heterocycles. The van der Waals surface area contributed by atoms with Crippen LogP contribution >= 0.6 is 15.6 Å². The summed E-state index contributed by atoms with van der Waals surface area (Å²) in [6.45, 7) is 34.9. The Morgan fingerprint density at radius 1 is 0.468 bits per heavy atom. The number of phenolic OH excluding ortho intramolecular Hbond substituents is 3. The van der Waals surface area contributed by atoms with E-state index in [4.69, 9.17) is 19.8 Å². The number of rotatable bonds is 6. The van der Waals surface area contributed by atoms with Crippen molar-refractivity contribution >= 4 is 15.6 Å². The second-order valence-corrected chi connectivity index (χ2v) is 22.7. The number of hydrogen-bond acceptors (Lipinski definition) is 7. The summed E-state index contributed by atoms with van der Waals surface area (Å²) in [4.78, 5) is 25.6. The van der Waals surface area contributed by atoms with E-state index < -0.39 is 15.6 Å². The zero-order valence-electron chi connectivity index (χ0n) is 39.3. The molecule has 0 saturated carbocycles. The molecule has 5 rings (SSSR count). The van der Waals surface area contributed by atoms with E-state index in [-0.39, 0.29) is 33.2 Å². The van der Waals surface area contributed by atoms with Crippen LogP contribution in [0.5, 0.6) is 23.0 Å². The largest absolute Gasteiger partial charge is 0.536 e. The third-order valence-corrected chi connectivity index (χ3v) is 12.6. The molecule has 0 spiro atoms. The first-order valence-electron chi connectivity index (χ1n) is 20.5. The van der Waals surface area contributed by atoms with E-state index in [0.29, 0.717) is 11.5 Å². The SMILES string of the molecule is Cc1ccc(-c2ccc(C(C)(C)C)cc2C(C)(C)C)c(C)c1O.Cc1ccc(-c2ccc(C(C)(C)C)cc2C(C)(C)C)c(C)c1O.O=P(O)(O)OP(=O)(O)Oc1cccc(O)c1. The molecule has 0 radical (unpaired) electrons. The summed E-state index contributed by atoms with van der Waals surface area (Å²) in [5.41, 5.74) is 14.2. The van der Waals surface area contributed by atoms with Gasteiger partial charge in [0.05, 0.1) is 0 Å². The van der Waals surface area contributed by atoms with Crippen LogP contribution < -0.4 is 4.52 Å². The number of phosphoric acid groups is 2. The Hall–Kier alpha value is -4.40. The van der Waals surface area contributed by atoms with Crippen LogP contribution in [0.25, 0.3) is 22.3 Å². The summed E-state index contributed by atoms with van der Waals surface area (Å²) in [5, 5.41) is 29.6. The predicted octanol–water partition coefficient (Wildman–Crippen LogP) is 13.5. The number of benzene rings is 5. The number of phenols is 3. The molecule has 0 amide bonds. The molecule has 6 N–H and O–H groups in total. The van der Waals surface area contributed by atoms with Crippen molar-refractivity contribution in [2.24, 2.45) is 0 Å². The lowest BCUT2D eigenvalue weighted by Gasteiger charge is -2.28. The van der Waals surface area contributed by atoms with E-state index in [1.54, 1.807) is 0 Å². The average Bonchev–Trinajstić information content (AvgIpc) is 3.10. The standard InChI is InChI=1S/2C22H30O.C6H8O8P2/c2*1-14-9-11-17(15(2)20(14)23)18-12-10-16(21(3,4)5)13-19(18)22(6,7)8;7-5-2-1-3-6(4-5)13-16(11,12)14-15(8,9)10/h2*9-13,23H,1-8H3;1-4,7H,(H,11,12)(H2,8,9,10). The fourth-order valence-corrected chi connectivity index (χ4v) is 8.40. The van der Waals surface area contributed by atoms with E-state index in [0.717, 1.165) is 39.4 Å². The van der Waals surface area contributed by atoms with Crippen LogP contribution in [0.1, 0.15) is 128 Å². The van der Waals surface area contributed by atoms with Gasteiger partial charge in [-0.3, -0.25) is 4.89 Å². The molecule has 1 unspecified atom stereocenters. The summed E-state index contributed by atoms with van der Waals surface area (Å²) in [5.74, 6) is 0.303. The zero-order chi connectivity index (χ0) is 47.6. The first kappa shape index (κ1) is 51.9. The van der Waals surface area contributed by atoms with Gasteiger partial charge >= 0.3 is 15.6 Å². The lowest BCUT2D eigenvalue weighted by molar-refractivity contribution is 0.229. The summed E-state index contributed by atoms with van der Waals surface area (Å²) in [6, 6.07) is 26.6. The first-order valence-corrected chi connectivity index (χ1v) is 23.5. The monoisotopic (exact) mass is 890 g/mol. The van der Waals surface area contributed by atoms with Crippen molar-refractivity contribution in [3.63, 3.8) is 0 Å². The summed E-state index contributed by atoms with van der Waals surface area (Å²) < 4.78 is 29.2. The van der Waals surface area contributed by atoms with Gasteiger partial charge in [-0.1, -0.05) is 150 Å². The van der Waals surface area contributed by atoms with Crippen LogP contribution in [-0.4, -0.2) is 30.0 Å². The number of aryl methyl sites for hydroxylation is 2. The van der Waals surface area contributed by atoms with Gasteiger partial charge in [-0.15, -0.1) is 0 Å². The molecule has 5 aromatic carbocycles. The van der Waals surface area contributed by atoms with Gasteiger partial charge in [-0.05, 0) is 128 Å². The van der Waals surface area contributed by atoms with Gasteiger partial charge < -0.3 is 29.6 Å². The molecule has 0 bridgehead atoms. The average molecular weight is 891 g/mol. The smallest absolute Gasteiger partial charge is 0.508 e. The molecular weight excluding hydrogens is 822 g/mol. The van der Waals surface area contributed by atoms with Crippen LogP contribution in [0.3, 0.4) is 0 Å². The van der Waals surface area contributed by atoms with Crippen LogP contribution in [0.4, 0.5) is 0 Å². The van der Waals surface area contributed by atoms with Gasteiger partial charge in [0.1, 0.15) is 23.0 Å². The highest BCUT2D eigenvalue weighted by Gasteiger charge is 2.34. The maximum Gasteiger partial charge on any atom is 0.536 e.